The van der Waals surface area contributed by atoms with Crippen molar-refractivity contribution in [2.45, 2.75) is 33.9 Å². The Labute approximate surface area is 186 Å². The summed E-state index contributed by atoms with van der Waals surface area (Å²) in [6.45, 7) is 7.29. The fourth-order valence-corrected chi connectivity index (χ4v) is 4.02. The van der Waals surface area contributed by atoms with Gasteiger partial charge in [0.2, 0.25) is 0 Å². The summed E-state index contributed by atoms with van der Waals surface area (Å²) in [5.41, 5.74) is 5.65. The Balaban J connectivity index is 1.68. The van der Waals surface area contributed by atoms with E-state index in [-0.39, 0.29) is 12.2 Å². The lowest BCUT2D eigenvalue weighted by atomic mass is 10.1. The molecule has 0 unspecified atom stereocenters. The number of esters is 1. The van der Waals surface area contributed by atoms with Gasteiger partial charge in [0.25, 0.3) is 0 Å². The molecule has 0 bridgehead atoms. The summed E-state index contributed by atoms with van der Waals surface area (Å²) in [6.07, 6.45) is 1.58. The maximum Gasteiger partial charge on any atom is 0.349 e. The molecular weight excluding hydrogens is 410 g/mol. The molecule has 0 spiro atoms. The zero-order valence-electron chi connectivity index (χ0n) is 18.1. The molecule has 160 valence electrons. The highest BCUT2D eigenvalue weighted by atomic mass is 32.1. The molecule has 0 saturated heterocycles. The molecule has 0 radical (unpaired) electrons. The van der Waals surface area contributed by atoms with Crippen LogP contribution in [0, 0.1) is 32.1 Å². The third-order valence-corrected chi connectivity index (χ3v) is 5.91. The zero-order valence-corrected chi connectivity index (χ0v) is 19.0. The Morgan fingerprint density at radius 2 is 2.00 bits per heavy atom. The number of aryl methyl sites for hydroxylation is 2. The highest BCUT2D eigenvalue weighted by Gasteiger charge is 2.15. The van der Waals surface area contributed by atoms with Gasteiger partial charge in [-0.2, -0.15) is 5.26 Å². The maximum atomic E-state index is 12.5. The van der Waals surface area contributed by atoms with E-state index in [2.05, 4.69) is 9.55 Å². The fraction of sp³-hybridized carbons (Fsp3) is 0.292. The van der Waals surface area contributed by atoms with Crippen LogP contribution >= 0.6 is 11.3 Å². The summed E-state index contributed by atoms with van der Waals surface area (Å²) in [5, 5.41) is 12.2. The molecule has 1 aromatic carbocycles. The van der Waals surface area contributed by atoms with E-state index in [1.165, 1.54) is 16.9 Å². The van der Waals surface area contributed by atoms with E-state index in [1.54, 1.807) is 13.2 Å². The van der Waals surface area contributed by atoms with Crippen molar-refractivity contribution < 1.29 is 14.3 Å². The number of aromatic nitrogens is 2. The van der Waals surface area contributed by atoms with Crippen LogP contribution in [-0.2, 0) is 27.4 Å². The van der Waals surface area contributed by atoms with Crippen LogP contribution in [0.1, 0.15) is 28.2 Å². The lowest BCUT2D eigenvalue weighted by Crippen LogP contribution is -2.08. The largest absolute Gasteiger partial charge is 0.455 e. The first-order chi connectivity index (χ1) is 14.9. The normalized spacial score (nSPS) is 11.4. The molecule has 2 aromatic heterocycles. The lowest BCUT2D eigenvalue weighted by molar-refractivity contribution is -0.139. The van der Waals surface area contributed by atoms with Gasteiger partial charge in [0.05, 0.1) is 12.3 Å². The Morgan fingerprint density at radius 1 is 1.26 bits per heavy atom. The molecule has 0 N–H and O–H groups in total. The van der Waals surface area contributed by atoms with Crippen molar-refractivity contribution in [2.24, 2.45) is 0 Å². The number of nitrogens with zero attached hydrogens (tertiary/aromatic N) is 3. The summed E-state index contributed by atoms with van der Waals surface area (Å²) in [7, 11) is 1.66. The van der Waals surface area contributed by atoms with Gasteiger partial charge in [0, 0.05) is 36.0 Å². The first-order valence-corrected chi connectivity index (χ1v) is 10.8. The first-order valence-electron chi connectivity index (χ1n) is 9.89. The minimum Gasteiger partial charge on any atom is -0.455 e. The molecular formula is C24H25N3O3S. The highest BCUT2D eigenvalue weighted by molar-refractivity contribution is 7.13. The molecule has 31 heavy (non-hydrogen) atoms. The number of hydrogen-bond acceptors (Lipinski definition) is 6. The van der Waals surface area contributed by atoms with Gasteiger partial charge in [-0.1, -0.05) is 29.8 Å². The van der Waals surface area contributed by atoms with Crippen LogP contribution < -0.4 is 0 Å². The average molecular weight is 436 g/mol. The van der Waals surface area contributed by atoms with Crippen LogP contribution in [0.5, 0.6) is 0 Å². The van der Waals surface area contributed by atoms with Gasteiger partial charge in [0.15, 0.2) is 0 Å². The van der Waals surface area contributed by atoms with Crippen molar-refractivity contribution in [1.82, 2.24) is 9.55 Å². The van der Waals surface area contributed by atoms with E-state index in [1.807, 2.05) is 62.6 Å². The van der Waals surface area contributed by atoms with E-state index >= 15 is 0 Å². The van der Waals surface area contributed by atoms with E-state index in [0.29, 0.717) is 18.8 Å². The van der Waals surface area contributed by atoms with Crippen LogP contribution in [0.3, 0.4) is 0 Å². The molecule has 0 fully saturated rings. The summed E-state index contributed by atoms with van der Waals surface area (Å²) < 4.78 is 12.6. The number of ether oxygens (including phenoxy) is 2. The number of methoxy groups -OCH3 is 1. The van der Waals surface area contributed by atoms with Gasteiger partial charge in [-0.25, -0.2) is 9.78 Å². The summed E-state index contributed by atoms with van der Waals surface area (Å²) >= 11 is 1.49. The van der Waals surface area contributed by atoms with Crippen LogP contribution in [0.15, 0.2) is 41.3 Å². The molecule has 2 heterocycles. The Morgan fingerprint density at radius 3 is 2.68 bits per heavy atom. The second-order valence-corrected chi connectivity index (χ2v) is 8.08. The van der Waals surface area contributed by atoms with Crippen LogP contribution in [-0.4, -0.2) is 29.2 Å². The van der Waals surface area contributed by atoms with Crippen molar-refractivity contribution in [1.29, 1.82) is 5.26 Å². The van der Waals surface area contributed by atoms with Gasteiger partial charge in [-0.3, -0.25) is 0 Å². The smallest absolute Gasteiger partial charge is 0.349 e. The monoisotopic (exact) mass is 435 g/mol. The Kier molecular flexibility index (Phi) is 7.40. The first kappa shape index (κ1) is 22.5. The van der Waals surface area contributed by atoms with Crippen molar-refractivity contribution in [3.63, 3.8) is 0 Å². The topological polar surface area (TPSA) is 77.1 Å². The number of hydrogen-bond donors (Lipinski definition) is 0. The second-order valence-electron chi connectivity index (χ2n) is 7.23. The Hall–Kier alpha value is -3.21. The van der Waals surface area contributed by atoms with Gasteiger partial charge in [-0.15, -0.1) is 11.3 Å². The van der Waals surface area contributed by atoms with E-state index in [4.69, 9.17) is 9.47 Å². The molecule has 0 aliphatic heterocycles. The molecule has 0 aliphatic carbocycles. The molecule has 3 aromatic rings. The minimum absolute atomic E-state index is 0.0209. The van der Waals surface area contributed by atoms with Crippen LogP contribution in [0.2, 0.25) is 0 Å². The minimum atomic E-state index is -0.658. The fourth-order valence-electron chi connectivity index (χ4n) is 3.21. The average Bonchev–Trinajstić information content (AvgIpc) is 3.34. The number of carbonyl (C=O) groups excluding carboxylic acids is 1. The number of benzene rings is 1. The molecule has 3 rings (SSSR count). The van der Waals surface area contributed by atoms with Gasteiger partial charge in [-0.05, 0) is 38.5 Å². The molecule has 7 heteroatoms. The number of carbonyl (C=O) groups is 1. The predicted octanol–water partition coefficient (Wildman–Crippen LogP) is 4.83. The van der Waals surface area contributed by atoms with Gasteiger partial charge in [0.1, 0.15) is 23.3 Å². The Bertz CT molecular complexity index is 1130. The SMILES string of the molecule is COCCn1c(C)cc(C=C(C#N)C(=O)OCc2csc(-c3ccc(C)cc3)n2)c1C. The molecule has 0 atom stereocenters. The summed E-state index contributed by atoms with van der Waals surface area (Å²) in [4.78, 5) is 17.0. The molecule has 0 amide bonds. The quantitative estimate of drug-likeness (QED) is 0.288. The second kappa shape index (κ2) is 10.2. The van der Waals surface area contributed by atoms with Crippen molar-refractivity contribution in [3.05, 3.63) is 69.5 Å². The summed E-state index contributed by atoms with van der Waals surface area (Å²) in [5.74, 6) is -0.658. The standard InChI is InChI=1S/C24H25N3O3S/c1-16-5-7-19(8-6-16)23-26-22(15-31-23)14-30-24(28)21(13-25)12-20-11-17(2)27(18(20)3)9-10-29-4/h5-8,11-12,15H,9-10,14H2,1-4H3. The zero-order chi connectivity index (χ0) is 22.4. The third-order valence-electron chi connectivity index (χ3n) is 4.97. The van der Waals surface area contributed by atoms with E-state index < -0.39 is 5.97 Å². The molecule has 0 aliphatic rings. The van der Waals surface area contributed by atoms with Crippen molar-refractivity contribution in [2.75, 3.05) is 13.7 Å². The maximum absolute atomic E-state index is 12.5. The van der Waals surface area contributed by atoms with Gasteiger partial charge >= 0.3 is 5.97 Å². The van der Waals surface area contributed by atoms with Crippen LogP contribution in [0.4, 0.5) is 0 Å². The third kappa shape index (κ3) is 5.48. The van der Waals surface area contributed by atoms with Gasteiger partial charge < -0.3 is 14.0 Å². The molecule has 6 nitrogen and oxygen atoms in total. The van der Waals surface area contributed by atoms with Crippen molar-refractivity contribution >= 4 is 23.4 Å². The number of rotatable bonds is 8. The lowest BCUT2D eigenvalue weighted by Gasteiger charge is -2.08. The predicted molar refractivity (Wildman–Crippen MR) is 121 cm³/mol. The summed E-state index contributed by atoms with van der Waals surface area (Å²) in [6, 6.07) is 12.0. The highest BCUT2D eigenvalue weighted by Crippen LogP contribution is 2.24. The van der Waals surface area contributed by atoms with E-state index in [9.17, 15) is 10.1 Å². The number of nitriles is 1. The van der Waals surface area contributed by atoms with E-state index in [0.717, 1.165) is 27.5 Å². The van der Waals surface area contributed by atoms with Crippen LogP contribution in [0.25, 0.3) is 16.6 Å². The number of thiazole rings is 1. The van der Waals surface area contributed by atoms with Crippen molar-refractivity contribution in [3.8, 4) is 16.6 Å². The molecule has 0 saturated carbocycles.